The van der Waals surface area contributed by atoms with Crippen LogP contribution in [0, 0.1) is 5.82 Å². The molecule has 1 N–H and O–H groups in total. The highest BCUT2D eigenvalue weighted by Gasteiger charge is 2.21. The number of benzene rings is 3. The number of amides is 1. The number of ether oxygens (including phenoxy) is 2. The maximum absolute atomic E-state index is 14.1. The molecule has 0 unspecified atom stereocenters. The average molecular weight is 391 g/mol. The van der Waals surface area contributed by atoms with Crippen LogP contribution in [0.2, 0.25) is 0 Å². The van der Waals surface area contributed by atoms with Crippen LogP contribution < -0.4 is 14.8 Å². The monoisotopic (exact) mass is 391 g/mol. The van der Waals surface area contributed by atoms with Crippen LogP contribution in [-0.4, -0.2) is 19.1 Å². The van der Waals surface area contributed by atoms with Crippen LogP contribution in [-0.2, 0) is 6.42 Å². The highest BCUT2D eigenvalue weighted by Crippen LogP contribution is 2.33. The first-order valence-corrected chi connectivity index (χ1v) is 9.69. The molecule has 0 saturated carbocycles. The Labute approximate surface area is 169 Å². The van der Waals surface area contributed by atoms with Gasteiger partial charge < -0.3 is 14.8 Å². The molecule has 1 amide bonds. The number of hydrogen-bond acceptors (Lipinski definition) is 3. The second-order valence-corrected chi connectivity index (χ2v) is 6.95. The van der Waals surface area contributed by atoms with Gasteiger partial charge in [-0.05, 0) is 41.8 Å². The third-order valence-electron chi connectivity index (χ3n) is 4.88. The molecule has 3 aromatic carbocycles. The summed E-state index contributed by atoms with van der Waals surface area (Å²) in [5.41, 5.74) is 1.97. The molecule has 0 bridgehead atoms. The summed E-state index contributed by atoms with van der Waals surface area (Å²) in [7, 11) is 0. The van der Waals surface area contributed by atoms with E-state index in [4.69, 9.17) is 9.47 Å². The molecule has 4 nitrogen and oxygen atoms in total. The number of carbonyl (C=O) groups excluding carboxylic acids is 1. The number of nitrogens with one attached hydrogen (secondary N) is 1. The van der Waals surface area contributed by atoms with Gasteiger partial charge in [0.05, 0.1) is 24.8 Å². The molecular formula is C24H22FNO3. The molecule has 0 spiro atoms. The highest BCUT2D eigenvalue weighted by molar-refractivity contribution is 5.94. The van der Waals surface area contributed by atoms with E-state index in [1.807, 2.05) is 48.5 Å². The number of hydrogen-bond donors (Lipinski definition) is 1. The third kappa shape index (κ3) is 4.57. The van der Waals surface area contributed by atoms with Gasteiger partial charge in [-0.1, -0.05) is 48.5 Å². The second-order valence-electron chi connectivity index (χ2n) is 6.95. The molecular weight excluding hydrogens is 369 g/mol. The minimum atomic E-state index is -0.540. The van der Waals surface area contributed by atoms with Crippen LogP contribution in [0.4, 0.5) is 4.39 Å². The first-order chi connectivity index (χ1) is 14.2. The van der Waals surface area contributed by atoms with Crippen molar-refractivity contribution in [3.05, 3.63) is 95.3 Å². The molecule has 1 heterocycles. The van der Waals surface area contributed by atoms with Crippen molar-refractivity contribution in [2.45, 2.75) is 18.9 Å². The summed E-state index contributed by atoms with van der Waals surface area (Å²) in [6.45, 7) is 1.20. The van der Waals surface area contributed by atoms with Gasteiger partial charge in [0, 0.05) is 6.42 Å². The number of rotatable bonds is 5. The van der Waals surface area contributed by atoms with Gasteiger partial charge in [0.1, 0.15) is 5.82 Å². The summed E-state index contributed by atoms with van der Waals surface area (Å²) in [5.74, 6) is 0.376. The van der Waals surface area contributed by atoms with E-state index in [-0.39, 0.29) is 11.6 Å². The van der Waals surface area contributed by atoms with Crippen LogP contribution in [0.3, 0.4) is 0 Å². The lowest BCUT2D eigenvalue weighted by Crippen LogP contribution is -2.30. The maximum Gasteiger partial charge on any atom is 0.254 e. The van der Waals surface area contributed by atoms with Crippen molar-refractivity contribution in [3.63, 3.8) is 0 Å². The Balaban J connectivity index is 1.64. The average Bonchev–Trinajstić information content (AvgIpc) is 2.99. The first kappa shape index (κ1) is 19.0. The Hall–Kier alpha value is -3.34. The predicted octanol–water partition coefficient (Wildman–Crippen LogP) is 4.70. The summed E-state index contributed by atoms with van der Waals surface area (Å²) in [5, 5.41) is 2.99. The summed E-state index contributed by atoms with van der Waals surface area (Å²) < 4.78 is 25.6. The fourth-order valence-electron chi connectivity index (χ4n) is 3.38. The minimum absolute atomic E-state index is 0.0277. The van der Waals surface area contributed by atoms with Gasteiger partial charge in [0.2, 0.25) is 0 Å². The lowest BCUT2D eigenvalue weighted by Gasteiger charge is -2.21. The summed E-state index contributed by atoms with van der Waals surface area (Å²) in [6, 6.07) is 21.2. The minimum Gasteiger partial charge on any atom is -0.490 e. The Kier molecular flexibility index (Phi) is 5.75. The summed E-state index contributed by atoms with van der Waals surface area (Å²) >= 11 is 0. The highest BCUT2D eigenvalue weighted by atomic mass is 19.1. The van der Waals surface area contributed by atoms with Crippen molar-refractivity contribution in [2.75, 3.05) is 13.2 Å². The largest absolute Gasteiger partial charge is 0.490 e. The normalized spacial score (nSPS) is 14.0. The van der Waals surface area contributed by atoms with Gasteiger partial charge in [-0.15, -0.1) is 0 Å². The Bertz CT molecular complexity index is 990. The molecule has 0 aromatic heterocycles. The Morgan fingerprint density at radius 2 is 1.66 bits per heavy atom. The number of halogens is 1. The van der Waals surface area contributed by atoms with Crippen LogP contribution in [0.25, 0.3) is 0 Å². The molecule has 0 aliphatic carbocycles. The second kappa shape index (κ2) is 8.78. The number of carbonyl (C=O) groups is 1. The van der Waals surface area contributed by atoms with E-state index in [1.165, 1.54) is 12.1 Å². The molecule has 4 rings (SSSR count). The summed E-state index contributed by atoms with van der Waals surface area (Å²) in [6.07, 6.45) is 1.39. The van der Waals surface area contributed by atoms with Crippen molar-refractivity contribution in [2.24, 2.45) is 0 Å². The first-order valence-electron chi connectivity index (χ1n) is 9.69. The Morgan fingerprint density at radius 3 is 2.45 bits per heavy atom. The molecule has 1 aliphatic heterocycles. The molecule has 1 aliphatic rings. The zero-order chi connectivity index (χ0) is 20.1. The van der Waals surface area contributed by atoms with E-state index in [0.29, 0.717) is 31.1 Å². The molecule has 1 atom stereocenters. The molecule has 3 aromatic rings. The molecule has 5 heteroatoms. The molecule has 0 radical (unpaired) electrons. The SMILES string of the molecule is O=C(N[C@@H](Cc1ccccc1)c1ccc2c(c1)OCCCO2)c1ccccc1F. The lowest BCUT2D eigenvalue weighted by atomic mass is 9.98. The third-order valence-corrected chi connectivity index (χ3v) is 4.88. The van der Waals surface area contributed by atoms with E-state index in [2.05, 4.69) is 5.32 Å². The number of fused-ring (bicyclic) bond motifs is 1. The van der Waals surface area contributed by atoms with E-state index in [0.717, 1.165) is 17.5 Å². The fourth-order valence-corrected chi connectivity index (χ4v) is 3.38. The van der Waals surface area contributed by atoms with Crippen molar-refractivity contribution in [3.8, 4) is 11.5 Å². The van der Waals surface area contributed by atoms with Crippen LogP contribution >= 0.6 is 0 Å². The van der Waals surface area contributed by atoms with E-state index < -0.39 is 11.7 Å². The predicted molar refractivity (Wildman–Crippen MR) is 109 cm³/mol. The quantitative estimate of drug-likeness (QED) is 0.686. The van der Waals surface area contributed by atoms with Crippen LogP contribution in [0.15, 0.2) is 72.8 Å². The molecule has 0 fully saturated rings. The van der Waals surface area contributed by atoms with Gasteiger partial charge in [-0.2, -0.15) is 0 Å². The van der Waals surface area contributed by atoms with Crippen molar-refractivity contribution in [1.82, 2.24) is 5.32 Å². The molecule has 0 saturated heterocycles. The molecule has 29 heavy (non-hydrogen) atoms. The molecule has 148 valence electrons. The lowest BCUT2D eigenvalue weighted by molar-refractivity contribution is 0.0932. The van der Waals surface area contributed by atoms with E-state index in [9.17, 15) is 9.18 Å². The van der Waals surface area contributed by atoms with Crippen molar-refractivity contribution in [1.29, 1.82) is 0 Å². The standard InChI is InChI=1S/C24H22FNO3/c25-20-10-5-4-9-19(20)24(27)26-21(15-17-7-2-1-3-8-17)18-11-12-22-23(16-18)29-14-6-13-28-22/h1-5,7-12,16,21H,6,13-15H2,(H,26,27)/t21-/m0/s1. The van der Waals surface area contributed by atoms with Gasteiger partial charge >= 0.3 is 0 Å². The van der Waals surface area contributed by atoms with Gasteiger partial charge in [0.25, 0.3) is 5.91 Å². The zero-order valence-electron chi connectivity index (χ0n) is 15.9. The van der Waals surface area contributed by atoms with Gasteiger partial charge in [-0.3, -0.25) is 4.79 Å². The van der Waals surface area contributed by atoms with Gasteiger partial charge in [-0.25, -0.2) is 4.39 Å². The zero-order valence-corrected chi connectivity index (χ0v) is 15.9. The van der Waals surface area contributed by atoms with Crippen LogP contribution in [0.5, 0.6) is 11.5 Å². The van der Waals surface area contributed by atoms with Gasteiger partial charge in [0.15, 0.2) is 11.5 Å². The summed E-state index contributed by atoms with van der Waals surface area (Å²) in [4.78, 5) is 12.8. The van der Waals surface area contributed by atoms with Crippen LogP contribution in [0.1, 0.15) is 33.9 Å². The maximum atomic E-state index is 14.1. The van der Waals surface area contributed by atoms with Crippen molar-refractivity contribution >= 4 is 5.91 Å². The Morgan fingerprint density at radius 1 is 0.931 bits per heavy atom. The fraction of sp³-hybridized carbons (Fsp3) is 0.208. The van der Waals surface area contributed by atoms with Crippen molar-refractivity contribution < 1.29 is 18.7 Å². The van der Waals surface area contributed by atoms with E-state index in [1.54, 1.807) is 12.1 Å². The van der Waals surface area contributed by atoms with E-state index >= 15 is 0 Å². The smallest absolute Gasteiger partial charge is 0.254 e. The topological polar surface area (TPSA) is 47.6 Å².